The van der Waals surface area contributed by atoms with E-state index >= 15 is 0 Å². The first-order valence-corrected chi connectivity index (χ1v) is 6.13. The smallest absolute Gasteiger partial charge is 0.306 e. The first kappa shape index (κ1) is 11.8. The van der Waals surface area contributed by atoms with Crippen LogP contribution in [0.3, 0.4) is 0 Å². The lowest BCUT2D eigenvalue weighted by Crippen LogP contribution is -2.35. The average Bonchev–Trinajstić information content (AvgIpc) is 2.25. The molecule has 1 aliphatic rings. The molecule has 14 heavy (non-hydrogen) atoms. The normalized spacial score (nSPS) is 32.6. The van der Waals surface area contributed by atoms with Crippen LogP contribution in [0.15, 0.2) is 0 Å². The molecule has 1 heterocycles. The highest BCUT2D eigenvalue weighted by molar-refractivity contribution is 8.20. The Morgan fingerprint density at radius 3 is 2.71 bits per heavy atom. The molecule has 5 nitrogen and oxygen atoms in total. The van der Waals surface area contributed by atoms with E-state index < -0.39 is 16.5 Å². The minimum absolute atomic E-state index is 0.0323. The summed E-state index contributed by atoms with van der Waals surface area (Å²) in [5.41, 5.74) is -0.884. The summed E-state index contributed by atoms with van der Waals surface area (Å²) in [7, 11) is -2.99. The van der Waals surface area contributed by atoms with Crippen LogP contribution < -0.4 is 0 Å². The van der Waals surface area contributed by atoms with Crippen LogP contribution in [-0.4, -0.2) is 33.0 Å². The molecular weight excluding hydrogens is 208 g/mol. The Morgan fingerprint density at radius 1 is 1.64 bits per heavy atom. The number of ether oxygens (including phenoxy) is 1. The zero-order chi connectivity index (χ0) is 10.8. The van der Waals surface area contributed by atoms with Crippen LogP contribution >= 0.6 is 10.9 Å². The van der Waals surface area contributed by atoms with E-state index in [0.29, 0.717) is 12.8 Å². The van der Waals surface area contributed by atoms with Crippen molar-refractivity contribution < 1.29 is 22.8 Å². The van der Waals surface area contributed by atoms with Crippen LogP contribution in [0, 0.1) is 0 Å². The van der Waals surface area contributed by atoms with Crippen molar-refractivity contribution in [3.63, 3.8) is 0 Å². The number of esters is 1. The van der Waals surface area contributed by atoms with Gasteiger partial charge < -0.3 is 13.8 Å². The van der Waals surface area contributed by atoms with Gasteiger partial charge in [-0.3, -0.25) is 8.98 Å². The molecular formula is C8H16O5S. The van der Waals surface area contributed by atoms with Crippen LogP contribution in [0.4, 0.5) is 0 Å². The zero-order valence-electron chi connectivity index (χ0n) is 8.36. The number of carbonyl (C=O) groups excluding carboxylic acids is 1. The van der Waals surface area contributed by atoms with E-state index in [1.54, 1.807) is 6.92 Å². The van der Waals surface area contributed by atoms with Gasteiger partial charge in [-0.05, 0) is 13.3 Å². The van der Waals surface area contributed by atoms with Gasteiger partial charge in [-0.25, -0.2) is 0 Å². The summed E-state index contributed by atoms with van der Waals surface area (Å²) in [6.45, 7) is 3.56. The lowest BCUT2D eigenvalue weighted by molar-refractivity contribution is -0.156. The minimum atomic E-state index is -2.99. The Bertz CT molecular complexity index is 230. The maximum atomic E-state index is 11.2. The SMILES string of the molecule is CCCC(=O)OC1(C)COS(O)(O)C1. The molecule has 0 aromatic rings. The summed E-state index contributed by atoms with van der Waals surface area (Å²) in [5.74, 6) is -0.356. The fourth-order valence-electron chi connectivity index (χ4n) is 1.29. The summed E-state index contributed by atoms with van der Waals surface area (Å²) < 4.78 is 28.3. The molecule has 0 aromatic carbocycles. The van der Waals surface area contributed by atoms with Gasteiger partial charge >= 0.3 is 5.97 Å². The van der Waals surface area contributed by atoms with Crippen molar-refractivity contribution in [2.24, 2.45) is 0 Å². The zero-order valence-corrected chi connectivity index (χ0v) is 9.17. The lowest BCUT2D eigenvalue weighted by atomic mass is 10.1. The largest absolute Gasteiger partial charge is 0.456 e. The number of hydrogen-bond acceptors (Lipinski definition) is 5. The molecule has 0 saturated carbocycles. The molecule has 0 amide bonds. The number of carbonyl (C=O) groups is 1. The van der Waals surface area contributed by atoms with Crippen molar-refractivity contribution in [1.29, 1.82) is 0 Å². The Hall–Kier alpha value is -0.300. The van der Waals surface area contributed by atoms with Gasteiger partial charge in [0.2, 0.25) is 0 Å². The molecule has 0 spiro atoms. The highest BCUT2D eigenvalue weighted by Crippen LogP contribution is 2.50. The second-order valence-corrected chi connectivity index (χ2v) is 5.43. The van der Waals surface area contributed by atoms with E-state index in [0.717, 1.165) is 0 Å². The van der Waals surface area contributed by atoms with Crippen molar-refractivity contribution in [3.8, 4) is 0 Å². The Balaban J connectivity index is 2.48. The predicted octanol–water partition coefficient (Wildman–Crippen LogP) is 1.78. The number of rotatable bonds is 3. The van der Waals surface area contributed by atoms with Crippen LogP contribution in [-0.2, 0) is 13.7 Å². The Morgan fingerprint density at radius 2 is 2.29 bits per heavy atom. The summed E-state index contributed by atoms with van der Waals surface area (Å²) >= 11 is 0. The van der Waals surface area contributed by atoms with Crippen molar-refractivity contribution >= 4 is 16.8 Å². The van der Waals surface area contributed by atoms with E-state index in [-0.39, 0.29) is 18.3 Å². The molecule has 2 N–H and O–H groups in total. The van der Waals surface area contributed by atoms with E-state index in [1.807, 2.05) is 6.92 Å². The van der Waals surface area contributed by atoms with Crippen molar-refractivity contribution in [2.45, 2.75) is 32.3 Å². The molecule has 1 unspecified atom stereocenters. The number of hydrogen-bond donors (Lipinski definition) is 2. The van der Waals surface area contributed by atoms with Gasteiger partial charge in [0.25, 0.3) is 0 Å². The quantitative estimate of drug-likeness (QED) is 0.715. The molecule has 0 aliphatic carbocycles. The van der Waals surface area contributed by atoms with Gasteiger partial charge in [-0.15, -0.1) is 0 Å². The summed E-state index contributed by atoms with van der Waals surface area (Å²) in [6, 6.07) is 0. The highest BCUT2D eigenvalue weighted by Gasteiger charge is 2.44. The van der Waals surface area contributed by atoms with Crippen LogP contribution in [0.2, 0.25) is 0 Å². The molecule has 84 valence electrons. The third-order valence-electron chi connectivity index (χ3n) is 1.86. The Labute approximate surface area is 85.0 Å². The maximum Gasteiger partial charge on any atom is 0.306 e. The van der Waals surface area contributed by atoms with Gasteiger partial charge in [-0.1, -0.05) is 6.92 Å². The fourth-order valence-corrected chi connectivity index (χ4v) is 2.75. The summed E-state index contributed by atoms with van der Waals surface area (Å²) in [4.78, 5) is 11.2. The first-order chi connectivity index (χ1) is 6.37. The minimum Gasteiger partial charge on any atom is -0.456 e. The molecule has 0 bridgehead atoms. The third kappa shape index (κ3) is 3.13. The molecule has 1 saturated heterocycles. The van der Waals surface area contributed by atoms with Crippen LogP contribution in [0.1, 0.15) is 26.7 Å². The van der Waals surface area contributed by atoms with E-state index in [9.17, 15) is 13.9 Å². The maximum absolute atomic E-state index is 11.2. The lowest BCUT2D eigenvalue weighted by Gasteiger charge is -2.23. The van der Waals surface area contributed by atoms with E-state index in [2.05, 4.69) is 0 Å². The van der Waals surface area contributed by atoms with Crippen molar-refractivity contribution in [3.05, 3.63) is 0 Å². The van der Waals surface area contributed by atoms with Crippen molar-refractivity contribution in [1.82, 2.24) is 0 Å². The van der Waals surface area contributed by atoms with Crippen LogP contribution in [0.5, 0.6) is 0 Å². The van der Waals surface area contributed by atoms with Crippen molar-refractivity contribution in [2.75, 3.05) is 12.4 Å². The van der Waals surface area contributed by atoms with Gasteiger partial charge in [0, 0.05) is 6.42 Å². The molecule has 1 fully saturated rings. The predicted molar refractivity (Wildman–Crippen MR) is 53.1 cm³/mol. The van der Waals surface area contributed by atoms with Gasteiger partial charge in [0.15, 0.2) is 0 Å². The van der Waals surface area contributed by atoms with Gasteiger partial charge in [0.05, 0.1) is 16.6 Å². The molecule has 1 aliphatic heterocycles. The average molecular weight is 224 g/mol. The molecule has 1 rings (SSSR count). The van der Waals surface area contributed by atoms with Crippen LogP contribution in [0.25, 0.3) is 0 Å². The fraction of sp³-hybridized carbons (Fsp3) is 0.875. The molecule has 0 radical (unpaired) electrons. The van der Waals surface area contributed by atoms with E-state index in [4.69, 9.17) is 8.92 Å². The molecule has 1 atom stereocenters. The topological polar surface area (TPSA) is 76.0 Å². The van der Waals surface area contributed by atoms with Gasteiger partial charge in [-0.2, -0.15) is 0 Å². The monoisotopic (exact) mass is 224 g/mol. The second kappa shape index (κ2) is 4.06. The third-order valence-corrected chi connectivity index (χ3v) is 3.34. The second-order valence-electron chi connectivity index (χ2n) is 3.69. The molecule has 6 heteroatoms. The van der Waals surface area contributed by atoms with E-state index in [1.165, 1.54) is 0 Å². The summed E-state index contributed by atoms with van der Waals surface area (Å²) in [6.07, 6.45) is 1.06. The highest BCUT2D eigenvalue weighted by atomic mass is 32.3. The molecule has 0 aromatic heterocycles. The summed E-state index contributed by atoms with van der Waals surface area (Å²) in [5, 5.41) is 0. The Kier molecular flexibility index (Phi) is 3.41. The standard InChI is InChI=1S/C8H16O5S/c1-3-4-7(9)13-8(2)5-12-14(10,11)6-8/h10-11H,3-6H2,1-2H3. The first-order valence-electron chi connectivity index (χ1n) is 4.49. The van der Waals surface area contributed by atoms with Gasteiger partial charge in [0.1, 0.15) is 12.2 Å².